The monoisotopic (exact) mass is 168 g/mol. The lowest BCUT2D eigenvalue weighted by Crippen LogP contribution is -2.28. The molecule has 0 aliphatic carbocycles. The molecule has 0 saturated carbocycles. The summed E-state index contributed by atoms with van der Waals surface area (Å²) in [6.45, 7) is 3.53. The second-order valence-electron chi connectivity index (χ2n) is 2.52. The van der Waals surface area contributed by atoms with Gasteiger partial charge in [0.1, 0.15) is 0 Å². The molecule has 11 heavy (non-hydrogen) atoms. The van der Waals surface area contributed by atoms with Crippen molar-refractivity contribution in [3.05, 3.63) is 17.0 Å². The van der Waals surface area contributed by atoms with Crippen molar-refractivity contribution in [1.29, 1.82) is 0 Å². The van der Waals surface area contributed by atoms with Crippen molar-refractivity contribution in [2.75, 3.05) is 13.2 Å². The summed E-state index contributed by atoms with van der Waals surface area (Å²) in [5, 5.41) is 0. The van der Waals surface area contributed by atoms with E-state index in [9.17, 15) is 0 Å². The molecule has 2 nitrogen and oxygen atoms in total. The van der Waals surface area contributed by atoms with Crippen LogP contribution in [0.4, 0.5) is 0 Å². The molecule has 1 aliphatic heterocycles. The zero-order valence-corrected chi connectivity index (χ0v) is 7.19. The molecule has 0 radical (unpaired) electrons. The summed E-state index contributed by atoms with van der Waals surface area (Å²) in [5.41, 5.74) is 0. The number of thiophene rings is 1. The normalized spacial score (nSPS) is 17.7. The van der Waals surface area contributed by atoms with E-state index in [4.69, 9.17) is 9.31 Å². The molecule has 0 unspecified atom stereocenters. The quantitative estimate of drug-likeness (QED) is 0.577. The van der Waals surface area contributed by atoms with E-state index in [1.807, 2.05) is 0 Å². The Morgan fingerprint density at radius 1 is 1.36 bits per heavy atom. The Morgan fingerprint density at radius 3 is 2.64 bits per heavy atom. The predicted octanol–water partition coefficient (Wildman–Crippen LogP) is 0.799. The van der Waals surface area contributed by atoms with Gasteiger partial charge in [0.15, 0.2) is 0 Å². The van der Waals surface area contributed by atoms with Gasteiger partial charge in [-0.3, -0.25) is 0 Å². The van der Waals surface area contributed by atoms with Crippen LogP contribution in [-0.4, -0.2) is 20.3 Å². The third-order valence-corrected chi connectivity index (χ3v) is 2.64. The van der Waals surface area contributed by atoms with Crippen molar-refractivity contribution in [2.24, 2.45) is 0 Å². The van der Waals surface area contributed by atoms with E-state index in [1.165, 1.54) is 9.65 Å². The SMILES string of the molecule is Cc1ccc(B2OCCO2)s1. The van der Waals surface area contributed by atoms with Crippen molar-refractivity contribution < 1.29 is 9.31 Å². The molecule has 1 fully saturated rings. The maximum Gasteiger partial charge on any atom is 0.504 e. The standard InChI is InChI=1S/C7H9BO2S/c1-6-2-3-7(11-6)8-9-4-5-10-8/h2-3H,4-5H2,1H3. The first-order valence-corrected chi connectivity index (χ1v) is 4.47. The lowest BCUT2D eigenvalue weighted by atomic mass is 9.89. The smallest absolute Gasteiger partial charge is 0.404 e. The maximum atomic E-state index is 5.34. The Morgan fingerprint density at radius 2 is 2.09 bits per heavy atom. The molecule has 2 heterocycles. The van der Waals surface area contributed by atoms with Crippen molar-refractivity contribution in [3.63, 3.8) is 0 Å². The second kappa shape index (κ2) is 2.97. The highest BCUT2D eigenvalue weighted by atomic mass is 32.1. The van der Waals surface area contributed by atoms with E-state index in [0.717, 1.165) is 13.2 Å². The molecule has 0 bridgehead atoms. The Bertz CT molecular complexity index is 242. The summed E-state index contributed by atoms with van der Waals surface area (Å²) in [7, 11) is -0.0892. The lowest BCUT2D eigenvalue weighted by Gasteiger charge is -1.97. The number of hydrogen-bond acceptors (Lipinski definition) is 3. The molecule has 0 spiro atoms. The minimum Gasteiger partial charge on any atom is -0.404 e. The van der Waals surface area contributed by atoms with Crippen LogP contribution in [-0.2, 0) is 9.31 Å². The second-order valence-corrected chi connectivity index (χ2v) is 3.84. The fraction of sp³-hybridized carbons (Fsp3) is 0.429. The molecule has 0 N–H and O–H groups in total. The lowest BCUT2D eigenvalue weighted by molar-refractivity contribution is 0.365. The molecule has 1 saturated heterocycles. The summed E-state index contributed by atoms with van der Waals surface area (Å²) in [6.07, 6.45) is 0. The van der Waals surface area contributed by atoms with E-state index >= 15 is 0 Å². The molecular formula is C7H9BO2S. The summed E-state index contributed by atoms with van der Waals surface area (Å²) < 4.78 is 11.9. The molecule has 1 aliphatic rings. The van der Waals surface area contributed by atoms with Gasteiger partial charge in [0, 0.05) is 9.65 Å². The third kappa shape index (κ3) is 1.48. The van der Waals surface area contributed by atoms with Gasteiger partial charge in [-0.2, -0.15) is 0 Å². The van der Waals surface area contributed by atoms with Crippen LogP contribution in [0.15, 0.2) is 12.1 Å². The number of rotatable bonds is 1. The molecule has 1 aromatic heterocycles. The molecule has 1 aromatic rings. The molecule has 2 rings (SSSR count). The third-order valence-electron chi connectivity index (χ3n) is 1.62. The van der Waals surface area contributed by atoms with Crippen LogP contribution < -0.4 is 4.78 Å². The molecule has 0 aromatic carbocycles. The average Bonchev–Trinajstić information content (AvgIpc) is 2.55. The van der Waals surface area contributed by atoms with Crippen LogP contribution in [0.2, 0.25) is 0 Å². The number of aryl methyl sites for hydroxylation is 1. The fourth-order valence-electron chi connectivity index (χ4n) is 1.10. The molecular weight excluding hydrogens is 159 g/mol. The Hall–Kier alpha value is -0.315. The van der Waals surface area contributed by atoms with Gasteiger partial charge in [0.05, 0.1) is 13.2 Å². The van der Waals surface area contributed by atoms with E-state index in [1.54, 1.807) is 11.3 Å². The average molecular weight is 168 g/mol. The first-order chi connectivity index (χ1) is 5.36. The van der Waals surface area contributed by atoms with Gasteiger partial charge >= 0.3 is 7.12 Å². The van der Waals surface area contributed by atoms with Gasteiger partial charge in [-0.05, 0) is 13.0 Å². The summed E-state index contributed by atoms with van der Waals surface area (Å²) in [5.74, 6) is 0. The van der Waals surface area contributed by atoms with Crippen molar-refractivity contribution in [1.82, 2.24) is 0 Å². The van der Waals surface area contributed by atoms with E-state index in [0.29, 0.717) is 0 Å². The summed E-state index contributed by atoms with van der Waals surface area (Å²) in [6, 6.07) is 4.15. The highest BCUT2D eigenvalue weighted by Gasteiger charge is 2.27. The Kier molecular flexibility index (Phi) is 1.98. The number of hydrogen-bond donors (Lipinski definition) is 0. The van der Waals surface area contributed by atoms with Crippen molar-refractivity contribution in [2.45, 2.75) is 6.92 Å². The van der Waals surface area contributed by atoms with Crippen molar-refractivity contribution >= 4 is 23.2 Å². The zero-order chi connectivity index (χ0) is 7.68. The minimum absolute atomic E-state index is 0.0892. The van der Waals surface area contributed by atoms with Gasteiger partial charge in [-0.1, -0.05) is 6.07 Å². The van der Waals surface area contributed by atoms with Crippen LogP contribution in [0.25, 0.3) is 0 Å². The first-order valence-electron chi connectivity index (χ1n) is 3.66. The fourth-order valence-corrected chi connectivity index (χ4v) is 1.98. The van der Waals surface area contributed by atoms with E-state index < -0.39 is 0 Å². The van der Waals surface area contributed by atoms with Crippen LogP contribution >= 0.6 is 11.3 Å². The highest BCUT2D eigenvalue weighted by molar-refractivity contribution is 7.22. The van der Waals surface area contributed by atoms with Crippen LogP contribution in [0.5, 0.6) is 0 Å². The summed E-state index contributed by atoms with van der Waals surface area (Å²) in [4.78, 5) is 1.30. The molecule has 0 atom stereocenters. The van der Waals surface area contributed by atoms with Crippen molar-refractivity contribution in [3.8, 4) is 0 Å². The topological polar surface area (TPSA) is 18.5 Å². The first kappa shape index (κ1) is 7.34. The van der Waals surface area contributed by atoms with Crippen LogP contribution in [0.1, 0.15) is 4.88 Å². The Balaban J connectivity index is 2.15. The predicted molar refractivity (Wildman–Crippen MR) is 46.3 cm³/mol. The van der Waals surface area contributed by atoms with Crippen LogP contribution in [0, 0.1) is 6.92 Å². The zero-order valence-electron chi connectivity index (χ0n) is 6.37. The molecule has 4 heteroatoms. The van der Waals surface area contributed by atoms with Gasteiger partial charge in [0.2, 0.25) is 0 Å². The van der Waals surface area contributed by atoms with Gasteiger partial charge < -0.3 is 9.31 Å². The van der Waals surface area contributed by atoms with Gasteiger partial charge in [-0.15, -0.1) is 11.3 Å². The largest absolute Gasteiger partial charge is 0.504 e. The van der Waals surface area contributed by atoms with E-state index in [2.05, 4.69) is 19.1 Å². The molecule has 58 valence electrons. The van der Waals surface area contributed by atoms with Gasteiger partial charge in [0.25, 0.3) is 0 Å². The van der Waals surface area contributed by atoms with Gasteiger partial charge in [-0.25, -0.2) is 0 Å². The van der Waals surface area contributed by atoms with E-state index in [-0.39, 0.29) is 7.12 Å². The minimum atomic E-state index is -0.0892. The Labute approximate surface area is 70.3 Å². The van der Waals surface area contributed by atoms with Crippen LogP contribution in [0.3, 0.4) is 0 Å². The summed E-state index contributed by atoms with van der Waals surface area (Å²) >= 11 is 1.74. The molecule has 0 amide bonds. The maximum absolute atomic E-state index is 5.34. The highest BCUT2D eigenvalue weighted by Crippen LogP contribution is 2.08.